The predicted molar refractivity (Wildman–Crippen MR) is 85.0 cm³/mol. The molecule has 1 N–H and O–H groups in total. The van der Waals surface area contributed by atoms with Gasteiger partial charge >= 0.3 is 0 Å². The Bertz CT molecular complexity index is 638. The molecule has 2 rings (SSSR count). The van der Waals surface area contributed by atoms with Crippen LogP contribution in [0.1, 0.15) is 32.3 Å². The highest BCUT2D eigenvalue weighted by Crippen LogP contribution is 2.28. The fourth-order valence-corrected chi connectivity index (χ4v) is 4.00. The number of hydrogen-bond acceptors (Lipinski definition) is 3. The summed E-state index contributed by atoms with van der Waals surface area (Å²) in [5, 5.41) is 2.87. The Hall–Kier alpha value is -1.56. The molecule has 1 heterocycles. The van der Waals surface area contributed by atoms with Gasteiger partial charge in [-0.15, -0.1) is 0 Å². The molecule has 1 fully saturated rings. The van der Waals surface area contributed by atoms with Crippen molar-refractivity contribution in [3.63, 3.8) is 0 Å². The summed E-state index contributed by atoms with van der Waals surface area (Å²) in [6.45, 7) is 6.39. The number of nitrogens with zero attached hydrogens (tertiary/aromatic N) is 1. The fourth-order valence-electron chi connectivity index (χ4n) is 2.44. The quantitative estimate of drug-likeness (QED) is 0.929. The van der Waals surface area contributed by atoms with Gasteiger partial charge in [0.05, 0.1) is 11.4 Å². The fraction of sp³-hybridized carbons (Fsp3) is 0.533. The first-order valence-electron chi connectivity index (χ1n) is 7.20. The third-order valence-corrected chi connectivity index (χ3v) is 5.33. The van der Waals surface area contributed by atoms with Gasteiger partial charge in [-0.05, 0) is 43.0 Å². The maximum Gasteiger partial charge on any atom is 0.235 e. The monoisotopic (exact) mass is 310 g/mol. The van der Waals surface area contributed by atoms with Crippen molar-refractivity contribution < 1.29 is 13.2 Å². The predicted octanol–water partition coefficient (Wildman–Crippen LogP) is 2.52. The Morgan fingerprint density at radius 1 is 1.38 bits per heavy atom. The second-order valence-electron chi connectivity index (χ2n) is 5.89. The minimum absolute atomic E-state index is 0.0188. The van der Waals surface area contributed by atoms with E-state index < -0.39 is 10.0 Å². The molecule has 1 aliphatic heterocycles. The van der Waals surface area contributed by atoms with E-state index in [4.69, 9.17) is 0 Å². The molecule has 0 bridgehead atoms. The number of hydrogen-bond donors (Lipinski definition) is 1. The first-order chi connectivity index (χ1) is 9.79. The highest BCUT2D eigenvalue weighted by Gasteiger charge is 2.28. The number of benzene rings is 1. The smallest absolute Gasteiger partial charge is 0.235 e. The lowest BCUT2D eigenvalue weighted by Gasteiger charge is -2.19. The van der Waals surface area contributed by atoms with E-state index in [1.54, 1.807) is 12.1 Å². The van der Waals surface area contributed by atoms with Gasteiger partial charge in [-0.25, -0.2) is 8.42 Å². The van der Waals surface area contributed by atoms with E-state index in [9.17, 15) is 13.2 Å². The first-order valence-corrected chi connectivity index (χ1v) is 8.81. The molecule has 6 heteroatoms. The lowest BCUT2D eigenvalue weighted by Crippen LogP contribution is -2.25. The van der Waals surface area contributed by atoms with Gasteiger partial charge in [0.2, 0.25) is 15.9 Å². The van der Waals surface area contributed by atoms with Crippen molar-refractivity contribution in [3.05, 3.63) is 23.8 Å². The van der Waals surface area contributed by atoms with Gasteiger partial charge < -0.3 is 5.32 Å². The van der Waals surface area contributed by atoms with Crippen molar-refractivity contribution in [1.82, 2.24) is 0 Å². The molecule has 5 nitrogen and oxygen atoms in total. The van der Waals surface area contributed by atoms with Crippen LogP contribution in [0.25, 0.3) is 0 Å². The van der Waals surface area contributed by atoms with Crippen molar-refractivity contribution in [2.45, 2.75) is 33.6 Å². The van der Waals surface area contributed by atoms with Crippen LogP contribution >= 0.6 is 0 Å². The van der Waals surface area contributed by atoms with Crippen molar-refractivity contribution >= 4 is 27.3 Å². The third-order valence-electron chi connectivity index (χ3n) is 3.46. The number of amides is 1. The van der Waals surface area contributed by atoms with Gasteiger partial charge in [-0.1, -0.05) is 13.8 Å². The average molecular weight is 310 g/mol. The first kappa shape index (κ1) is 15.8. The number of rotatable bonds is 4. The zero-order valence-corrected chi connectivity index (χ0v) is 13.5. The van der Waals surface area contributed by atoms with E-state index in [1.165, 1.54) is 4.31 Å². The zero-order chi connectivity index (χ0) is 15.6. The van der Waals surface area contributed by atoms with Crippen LogP contribution in [0.3, 0.4) is 0 Å². The molecule has 1 aliphatic rings. The standard InChI is InChI=1S/C15H22N2O3S/c1-11(2)9-15(18)16-14-6-5-13(10-12(14)3)17-7-4-8-21(17,19)20/h5-6,10-11H,4,7-9H2,1-3H3,(H,16,18). The Balaban J connectivity index is 2.16. The second kappa shape index (κ2) is 6.05. The molecule has 1 aromatic carbocycles. The maximum absolute atomic E-state index is 11.9. The molecule has 0 radical (unpaired) electrons. The topological polar surface area (TPSA) is 66.5 Å². The van der Waals surface area contributed by atoms with Crippen LogP contribution in [0.4, 0.5) is 11.4 Å². The van der Waals surface area contributed by atoms with Gasteiger partial charge in [-0.2, -0.15) is 0 Å². The van der Waals surface area contributed by atoms with Gasteiger partial charge in [0.15, 0.2) is 0 Å². The Morgan fingerprint density at radius 2 is 2.10 bits per heavy atom. The molecular formula is C15H22N2O3S. The molecule has 0 aliphatic carbocycles. The van der Waals surface area contributed by atoms with E-state index >= 15 is 0 Å². The molecule has 116 valence electrons. The van der Waals surface area contributed by atoms with Crippen LogP contribution in [-0.2, 0) is 14.8 Å². The van der Waals surface area contributed by atoms with Crippen LogP contribution in [0, 0.1) is 12.8 Å². The number of carbonyl (C=O) groups is 1. The largest absolute Gasteiger partial charge is 0.326 e. The van der Waals surface area contributed by atoms with E-state index in [1.807, 2.05) is 26.8 Å². The molecule has 0 spiro atoms. The number of aryl methyl sites for hydroxylation is 1. The Morgan fingerprint density at radius 3 is 2.62 bits per heavy atom. The highest BCUT2D eigenvalue weighted by molar-refractivity contribution is 7.93. The SMILES string of the molecule is Cc1cc(N2CCCS2(=O)=O)ccc1NC(=O)CC(C)C. The summed E-state index contributed by atoms with van der Waals surface area (Å²) in [5.74, 6) is 0.493. The van der Waals surface area contributed by atoms with E-state index in [2.05, 4.69) is 5.32 Å². The number of anilines is 2. The van der Waals surface area contributed by atoms with Gasteiger partial charge in [0.25, 0.3) is 0 Å². The Labute approximate surface area is 126 Å². The summed E-state index contributed by atoms with van der Waals surface area (Å²) in [5.41, 5.74) is 2.28. The summed E-state index contributed by atoms with van der Waals surface area (Å²) >= 11 is 0. The zero-order valence-electron chi connectivity index (χ0n) is 12.7. The van der Waals surface area contributed by atoms with E-state index in [-0.39, 0.29) is 11.7 Å². The molecular weight excluding hydrogens is 288 g/mol. The van der Waals surface area contributed by atoms with Gasteiger partial charge in [0, 0.05) is 18.7 Å². The molecule has 21 heavy (non-hydrogen) atoms. The normalized spacial score (nSPS) is 17.2. The summed E-state index contributed by atoms with van der Waals surface area (Å²) < 4.78 is 25.3. The summed E-state index contributed by atoms with van der Waals surface area (Å²) in [6.07, 6.45) is 1.13. The van der Waals surface area contributed by atoms with Crippen molar-refractivity contribution in [2.24, 2.45) is 5.92 Å². The third kappa shape index (κ3) is 3.75. The molecule has 1 saturated heterocycles. The molecule has 1 amide bonds. The molecule has 0 aromatic heterocycles. The minimum atomic E-state index is -3.16. The van der Waals surface area contributed by atoms with Crippen molar-refractivity contribution in [2.75, 3.05) is 21.9 Å². The minimum Gasteiger partial charge on any atom is -0.326 e. The lowest BCUT2D eigenvalue weighted by molar-refractivity contribution is -0.116. The summed E-state index contributed by atoms with van der Waals surface area (Å²) in [6, 6.07) is 5.34. The van der Waals surface area contributed by atoms with Crippen molar-refractivity contribution in [3.8, 4) is 0 Å². The van der Waals surface area contributed by atoms with E-state index in [0.717, 1.165) is 11.3 Å². The van der Waals surface area contributed by atoms with Crippen LogP contribution in [0.2, 0.25) is 0 Å². The number of carbonyl (C=O) groups excluding carboxylic acids is 1. The van der Waals surface area contributed by atoms with Crippen LogP contribution in [0.5, 0.6) is 0 Å². The van der Waals surface area contributed by atoms with Gasteiger partial charge in [-0.3, -0.25) is 9.10 Å². The summed E-state index contributed by atoms with van der Waals surface area (Å²) in [4.78, 5) is 11.8. The summed E-state index contributed by atoms with van der Waals surface area (Å²) in [7, 11) is -3.16. The van der Waals surface area contributed by atoms with Crippen LogP contribution < -0.4 is 9.62 Å². The Kier molecular flexibility index (Phi) is 4.56. The number of sulfonamides is 1. The van der Waals surface area contributed by atoms with Crippen molar-refractivity contribution in [1.29, 1.82) is 0 Å². The highest BCUT2D eigenvalue weighted by atomic mass is 32.2. The van der Waals surface area contributed by atoms with Crippen LogP contribution in [-0.4, -0.2) is 26.6 Å². The molecule has 0 saturated carbocycles. The second-order valence-corrected chi connectivity index (χ2v) is 7.90. The lowest BCUT2D eigenvalue weighted by atomic mass is 10.1. The van der Waals surface area contributed by atoms with Crippen LogP contribution in [0.15, 0.2) is 18.2 Å². The average Bonchev–Trinajstić information content (AvgIpc) is 2.70. The van der Waals surface area contributed by atoms with E-state index in [0.29, 0.717) is 31.0 Å². The molecule has 0 atom stereocenters. The molecule has 0 unspecified atom stereocenters. The number of nitrogens with one attached hydrogen (secondary N) is 1. The van der Waals surface area contributed by atoms with Gasteiger partial charge in [0.1, 0.15) is 0 Å². The molecule has 1 aromatic rings. The maximum atomic E-state index is 11.9.